The molecule has 180 valence electrons. The number of piperidine rings is 1. The maximum absolute atomic E-state index is 11.9. The van der Waals surface area contributed by atoms with Gasteiger partial charge in [0.2, 0.25) is 0 Å². The molecule has 1 aliphatic carbocycles. The Morgan fingerprint density at radius 3 is 2.39 bits per heavy atom. The molecule has 0 spiro atoms. The molecule has 31 heavy (non-hydrogen) atoms. The normalized spacial score (nSPS) is 23.0. The molecular formula is C22H42IN5O2S. The lowest BCUT2D eigenvalue weighted by Gasteiger charge is -2.47. The van der Waals surface area contributed by atoms with Crippen LogP contribution in [0.15, 0.2) is 4.99 Å². The summed E-state index contributed by atoms with van der Waals surface area (Å²) >= 11 is 2.08. The average molecular weight is 568 g/mol. The third-order valence-electron chi connectivity index (χ3n) is 6.70. The standard InChI is InChI=1S/C22H41N5O2S.HI/c1-3-23-20(25-19-8-12-26(13-9-19)21(28)29-4-2)24-18-22(10-6-5-7-11-22)27-14-16-30-17-15-27;/h19H,3-18H2,1-2H3,(H2,23,24,25);1H. The molecule has 1 amide bonds. The first-order valence-electron chi connectivity index (χ1n) is 12.0. The van der Waals surface area contributed by atoms with Crippen LogP contribution in [-0.4, -0.2) is 90.8 Å². The predicted octanol–water partition coefficient (Wildman–Crippen LogP) is 3.53. The molecule has 3 aliphatic rings. The molecule has 2 heterocycles. The number of likely N-dealkylation sites (tertiary alicyclic amines) is 1. The number of thioether (sulfide) groups is 1. The Bertz CT molecular complexity index is 560. The van der Waals surface area contributed by atoms with E-state index in [0.717, 1.165) is 45.0 Å². The zero-order chi connectivity index (χ0) is 21.2. The quantitative estimate of drug-likeness (QED) is 0.291. The molecule has 0 radical (unpaired) electrons. The van der Waals surface area contributed by atoms with Gasteiger partial charge in [-0.05, 0) is 39.5 Å². The van der Waals surface area contributed by atoms with E-state index in [-0.39, 0.29) is 35.6 Å². The molecule has 2 aliphatic heterocycles. The summed E-state index contributed by atoms with van der Waals surface area (Å²) in [6.45, 7) is 10.1. The number of hydrogen-bond acceptors (Lipinski definition) is 5. The number of amides is 1. The summed E-state index contributed by atoms with van der Waals surface area (Å²) < 4.78 is 5.14. The van der Waals surface area contributed by atoms with Crippen LogP contribution in [0.25, 0.3) is 0 Å². The van der Waals surface area contributed by atoms with Gasteiger partial charge in [-0.15, -0.1) is 24.0 Å². The van der Waals surface area contributed by atoms with Gasteiger partial charge < -0.3 is 20.3 Å². The number of hydrogen-bond donors (Lipinski definition) is 2. The monoisotopic (exact) mass is 567 g/mol. The smallest absolute Gasteiger partial charge is 0.409 e. The fourth-order valence-corrected chi connectivity index (χ4v) is 5.89. The Morgan fingerprint density at radius 1 is 1.10 bits per heavy atom. The minimum Gasteiger partial charge on any atom is -0.450 e. The molecule has 3 rings (SSSR count). The summed E-state index contributed by atoms with van der Waals surface area (Å²) in [5, 5.41) is 7.10. The Kier molecular flexibility index (Phi) is 12.1. The van der Waals surface area contributed by atoms with E-state index in [1.54, 1.807) is 0 Å². The predicted molar refractivity (Wildman–Crippen MR) is 141 cm³/mol. The van der Waals surface area contributed by atoms with Crippen LogP contribution >= 0.6 is 35.7 Å². The van der Waals surface area contributed by atoms with Gasteiger partial charge in [-0.3, -0.25) is 9.89 Å². The van der Waals surface area contributed by atoms with Gasteiger partial charge in [0.1, 0.15) is 0 Å². The number of nitrogens with one attached hydrogen (secondary N) is 2. The van der Waals surface area contributed by atoms with Crippen molar-refractivity contribution >= 4 is 47.8 Å². The Balaban J connectivity index is 0.00000341. The molecule has 7 nitrogen and oxygen atoms in total. The highest BCUT2D eigenvalue weighted by atomic mass is 127. The lowest BCUT2D eigenvalue weighted by molar-refractivity contribution is 0.0671. The average Bonchev–Trinajstić information content (AvgIpc) is 2.79. The van der Waals surface area contributed by atoms with Crippen molar-refractivity contribution in [2.45, 2.75) is 70.4 Å². The summed E-state index contributed by atoms with van der Waals surface area (Å²) in [7, 11) is 0. The largest absolute Gasteiger partial charge is 0.450 e. The highest BCUT2D eigenvalue weighted by Gasteiger charge is 2.38. The SMILES string of the molecule is CCNC(=NCC1(N2CCSCC2)CCCCC1)NC1CCN(C(=O)OCC)CC1.I. The maximum atomic E-state index is 11.9. The van der Waals surface area contributed by atoms with E-state index in [1.807, 2.05) is 11.8 Å². The van der Waals surface area contributed by atoms with Gasteiger partial charge in [0.05, 0.1) is 13.2 Å². The Morgan fingerprint density at radius 2 is 1.77 bits per heavy atom. The van der Waals surface area contributed by atoms with E-state index in [0.29, 0.717) is 12.6 Å². The van der Waals surface area contributed by atoms with Gasteiger partial charge in [0.15, 0.2) is 5.96 Å². The molecule has 3 fully saturated rings. The molecular weight excluding hydrogens is 525 g/mol. The number of carbonyl (C=O) groups is 1. The number of guanidine groups is 1. The molecule has 0 aromatic heterocycles. The summed E-state index contributed by atoms with van der Waals surface area (Å²) in [5.41, 5.74) is 0.245. The van der Waals surface area contributed by atoms with Crippen molar-refractivity contribution in [3.05, 3.63) is 0 Å². The molecule has 0 bridgehead atoms. The maximum Gasteiger partial charge on any atom is 0.409 e. The molecule has 2 saturated heterocycles. The summed E-state index contributed by atoms with van der Waals surface area (Å²) in [5.74, 6) is 3.44. The summed E-state index contributed by atoms with van der Waals surface area (Å²) in [6, 6.07) is 0.349. The van der Waals surface area contributed by atoms with E-state index in [4.69, 9.17) is 9.73 Å². The van der Waals surface area contributed by atoms with Crippen LogP contribution in [0.3, 0.4) is 0 Å². The van der Waals surface area contributed by atoms with Gasteiger partial charge in [0, 0.05) is 55.8 Å². The van der Waals surface area contributed by atoms with Crippen molar-refractivity contribution in [2.24, 2.45) is 4.99 Å². The minimum absolute atomic E-state index is 0. The minimum atomic E-state index is -0.185. The zero-order valence-electron chi connectivity index (χ0n) is 19.4. The summed E-state index contributed by atoms with van der Waals surface area (Å²) in [6.07, 6.45) is 8.25. The van der Waals surface area contributed by atoms with Crippen LogP contribution in [0.2, 0.25) is 0 Å². The molecule has 0 atom stereocenters. The van der Waals surface area contributed by atoms with Gasteiger partial charge in [0.25, 0.3) is 0 Å². The zero-order valence-corrected chi connectivity index (χ0v) is 22.5. The number of ether oxygens (including phenoxy) is 1. The number of halogens is 1. The Labute approximate surface area is 209 Å². The second-order valence-electron chi connectivity index (χ2n) is 8.68. The van der Waals surface area contributed by atoms with E-state index in [1.165, 1.54) is 56.7 Å². The fourth-order valence-electron chi connectivity index (χ4n) is 4.98. The topological polar surface area (TPSA) is 69.2 Å². The van der Waals surface area contributed by atoms with E-state index in [9.17, 15) is 4.79 Å². The second kappa shape index (κ2) is 14.0. The fraction of sp³-hybridized carbons (Fsp3) is 0.909. The lowest BCUT2D eigenvalue weighted by atomic mass is 9.80. The highest BCUT2D eigenvalue weighted by molar-refractivity contribution is 14.0. The van der Waals surface area contributed by atoms with Crippen LogP contribution in [0.4, 0.5) is 4.79 Å². The number of rotatable bonds is 6. The van der Waals surface area contributed by atoms with Gasteiger partial charge in [-0.25, -0.2) is 4.79 Å². The van der Waals surface area contributed by atoms with Crippen molar-refractivity contribution in [3.63, 3.8) is 0 Å². The van der Waals surface area contributed by atoms with Crippen molar-refractivity contribution in [2.75, 3.05) is 57.4 Å². The van der Waals surface area contributed by atoms with E-state index < -0.39 is 0 Å². The van der Waals surface area contributed by atoms with Crippen LogP contribution in [0.5, 0.6) is 0 Å². The first-order valence-corrected chi connectivity index (χ1v) is 13.1. The molecule has 1 saturated carbocycles. The first-order chi connectivity index (χ1) is 14.7. The first kappa shape index (κ1) is 26.8. The molecule has 0 aromatic carbocycles. The van der Waals surface area contributed by atoms with E-state index in [2.05, 4.69) is 34.2 Å². The third-order valence-corrected chi connectivity index (χ3v) is 7.65. The van der Waals surface area contributed by atoms with Crippen LogP contribution in [0.1, 0.15) is 58.8 Å². The third kappa shape index (κ3) is 7.84. The molecule has 9 heteroatoms. The number of aliphatic imine (C=N–C) groups is 1. The van der Waals surface area contributed by atoms with Crippen molar-refractivity contribution in [1.82, 2.24) is 20.4 Å². The van der Waals surface area contributed by atoms with Crippen LogP contribution in [-0.2, 0) is 4.74 Å². The van der Waals surface area contributed by atoms with Crippen molar-refractivity contribution in [1.29, 1.82) is 0 Å². The van der Waals surface area contributed by atoms with Crippen molar-refractivity contribution in [3.8, 4) is 0 Å². The molecule has 0 unspecified atom stereocenters. The Hall–Kier alpha value is -0.420. The summed E-state index contributed by atoms with van der Waals surface area (Å²) in [4.78, 5) is 21.6. The van der Waals surface area contributed by atoms with Crippen molar-refractivity contribution < 1.29 is 9.53 Å². The number of nitrogens with zero attached hydrogens (tertiary/aromatic N) is 3. The highest BCUT2D eigenvalue weighted by Crippen LogP contribution is 2.35. The molecule has 0 aromatic rings. The van der Waals surface area contributed by atoms with E-state index >= 15 is 0 Å². The van der Waals surface area contributed by atoms with Gasteiger partial charge in [-0.1, -0.05) is 19.3 Å². The molecule has 2 N–H and O–H groups in total. The van der Waals surface area contributed by atoms with Gasteiger partial charge in [-0.2, -0.15) is 11.8 Å². The second-order valence-corrected chi connectivity index (χ2v) is 9.91. The van der Waals surface area contributed by atoms with Crippen LogP contribution in [0, 0.1) is 0 Å². The lowest BCUT2D eigenvalue weighted by Crippen LogP contribution is -2.56. The van der Waals surface area contributed by atoms with Gasteiger partial charge >= 0.3 is 6.09 Å². The van der Waals surface area contributed by atoms with Crippen LogP contribution < -0.4 is 10.6 Å². The number of carbonyl (C=O) groups excluding carboxylic acids is 1.